The molecule has 1 aliphatic rings. The van der Waals surface area contributed by atoms with Crippen molar-refractivity contribution in [2.24, 2.45) is 0 Å². The summed E-state index contributed by atoms with van der Waals surface area (Å²) in [5.41, 5.74) is 3.23. The van der Waals surface area contributed by atoms with Crippen LogP contribution in [0.15, 0.2) is 66.7 Å². The average molecular weight is 371 g/mol. The molecular weight excluding hydrogens is 346 g/mol. The van der Waals surface area contributed by atoms with Gasteiger partial charge in [-0.25, -0.2) is 0 Å². The van der Waals surface area contributed by atoms with Gasteiger partial charge < -0.3 is 9.64 Å². The first-order valence-corrected chi connectivity index (χ1v) is 9.92. The minimum atomic E-state index is 0.195. The van der Waals surface area contributed by atoms with E-state index in [1.54, 1.807) is 0 Å². The third kappa shape index (κ3) is 3.94. The van der Waals surface area contributed by atoms with Crippen molar-refractivity contribution in [2.75, 3.05) is 18.1 Å². The van der Waals surface area contributed by atoms with Crippen molar-refractivity contribution >= 4 is 28.4 Å². The van der Waals surface area contributed by atoms with Gasteiger partial charge in [0.05, 0.1) is 6.61 Å². The Labute approximate surface area is 166 Å². The molecule has 1 aliphatic heterocycles. The van der Waals surface area contributed by atoms with E-state index in [0.29, 0.717) is 13.0 Å². The van der Waals surface area contributed by atoms with Crippen molar-refractivity contribution in [1.82, 2.24) is 0 Å². The van der Waals surface area contributed by atoms with Crippen LogP contribution in [-0.2, 0) is 11.2 Å². The molecule has 3 heteroatoms. The van der Waals surface area contributed by atoms with Crippen LogP contribution < -0.4 is 9.64 Å². The van der Waals surface area contributed by atoms with Gasteiger partial charge >= 0.3 is 0 Å². The normalized spacial score (nSPS) is 14.3. The highest BCUT2D eigenvalue weighted by atomic mass is 16.5. The molecule has 1 saturated heterocycles. The number of hydrogen-bond acceptors (Lipinski definition) is 2. The van der Waals surface area contributed by atoms with Crippen LogP contribution in [0.2, 0.25) is 0 Å². The molecule has 3 aromatic carbocycles. The van der Waals surface area contributed by atoms with Gasteiger partial charge in [0.25, 0.3) is 0 Å². The largest absolute Gasteiger partial charge is 0.493 e. The van der Waals surface area contributed by atoms with E-state index in [9.17, 15) is 4.79 Å². The lowest BCUT2D eigenvalue weighted by molar-refractivity contribution is -0.117. The number of ether oxygens (including phenoxy) is 1. The summed E-state index contributed by atoms with van der Waals surface area (Å²) in [4.78, 5) is 13.9. The highest BCUT2D eigenvalue weighted by Gasteiger charge is 2.22. The Bertz CT molecular complexity index is 1020. The van der Waals surface area contributed by atoms with Gasteiger partial charge in [-0.2, -0.15) is 0 Å². The molecular formula is C25H25NO2. The van der Waals surface area contributed by atoms with Crippen LogP contribution in [0.4, 0.5) is 5.69 Å². The Morgan fingerprint density at radius 1 is 1.04 bits per heavy atom. The Morgan fingerprint density at radius 2 is 1.89 bits per heavy atom. The summed E-state index contributed by atoms with van der Waals surface area (Å²) < 4.78 is 6.15. The molecule has 0 atom stereocenters. The molecule has 0 N–H and O–H groups in total. The summed E-state index contributed by atoms with van der Waals surface area (Å²) in [7, 11) is 0. The summed E-state index contributed by atoms with van der Waals surface area (Å²) in [5, 5.41) is 2.51. The fourth-order valence-corrected chi connectivity index (χ4v) is 3.73. The Balaban J connectivity index is 1.49. The van der Waals surface area contributed by atoms with E-state index in [2.05, 4.69) is 42.5 Å². The first-order chi connectivity index (χ1) is 13.7. The lowest BCUT2D eigenvalue weighted by Crippen LogP contribution is -2.23. The number of carbonyl (C=O) groups excluding carboxylic acids is 1. The summed E-state index contributed by atoms with van der Waals surface area (Å²) in [6.45, 7) is 3.38. The van der Waals surface area contributed by atoms with Crippen LogP contribution in [0.1, 0.15) is 30.9 Å². The predicted octanol–water partition coefficient (Wildman–Crippen LogP) is 5.62. The molecule has 0 saturated carbocycles. The third-order valence-corrected chi connectivity index (χ3v) is 5.19. The van der Waals surface area contributed by atoms with Crippen LogP contribution >= 0.6 is 0 Å². The monoisotopic (exact) mass is 371 g/mol. The maximum absolute atomic E-state index is 12.1. The quantitative estimate of drug-likeness (QED) is 0.563. The molecule has 4 rings (SSSR count). The standard InChI is InChI=1S/C25H25NO2/c1-2-6-21-12-13-23(26-15-5-9-25(26)27)18-24(21)28-16-14-19-10-11-20-7-3-4-8-22(20)17-19/h2-4,6-8,10-13,17-18H,5,9,14-16H2,1H3/b6-2+. The molecule has 0 bridgehead atoms. The molecule has 0 aliphatic carbocycles. The van der Waals surface area contributed by atoms with Gasteiger partial charge in [0, 0.05) is 36.7 Å². The van der Waals surface area contributed by atoms with Crippen molar-refractivity contribution in [3.8, 4) is 5.75 Å². The molecule has 142 valence electrons. The van der Waals surface area contributed by atoms with Gasteiger partial charge in [-0.05, 0) is 41.8 Å². The molecule has 1 heterocycles. The number of allylic oxidation sites excluding steroid dienone is 1. The molecule has 1 amide bonds. The van der Waals surface area contributed by atoms with Crippen LogP contribution in [0, 0.1) is 0 Å². The zero-order valence-corrected chi connectivity index (χ0v) is 16.2. The molecule has 28 heavy (non-hydrogen) atoms. The Kier molecular flexibility index (Phi) is 5.43. The topological polar surface area (TPSA) is 29.5 Å². The number of fused-ring (bicyclic) bond motifs is 1. The summed E-state index contributed by atoms with van der Waals surface area (Å²) in [5.74, 6) is 1.02. The smallest absolute Gasteiger partial charge is 0.227 e. The highest BCUT2D eigenvalue weighted by molar-refractivity contribution is 5.95. The first kappa shape index (κ1) is 18.3. The van der Waals surface area contributed by atoms with Gasteiger partial charge in [0.1, 0.15) is 5.75 Å². The molecule has 0 radical (unpaired) electrons. The molecule has 0 spiro atoms. The van der Waals surface area contributed by atoms with Crippen LogP contribution in [-0.4, -0.2) is 19.1 Å². The van der Waals surface area contributed by atoms with Crippen molar-refractivity contribution in [1.29, 1.82) is 0 Å². The van der Waals surface area contributed by atoms with E-state index in [1.165, 1.54) is 16.3 Å². The third-order valence-electron chi connectivity index (χ3n) is 5.19. The number of carbonyl (C=O) groups is 1. The Morgan fingerprint density at radius 3 is 2.68 bits per heavy atom. The van der Waals surface area contributed by atoms with E-state index >= 15 is 0 Å². The second kappa shape index (κ2) is 8.30. The van der Waals surface area contributed by atoms with Gasteiger partial charge in [0.15, 0.2) is 0 Å². The predicted molar refractivity (Wildman–Crippen MR) is 116 cm³/mol. The van der Waals surface area contributed by atoms with Crippen LogP contribution in [0.25, 0.3) is 16.8 Å². The van der Waals surface area contributed by atoms with Crippen molar-refractivity contribution < 1.29 is 9.53 Å². The lowest BCUT2D eigenvalue weighted by atomic mass is 10.1. The summed E-state index contributed by atoms with van der Waals surface area (Å²) >= 11 is 0. The van der Waals surface area contributed by atoms with Crippen molar-refractivity contribution in [3.05, 3.63) is 77.9 Å². The number of hydrogen-bond donors (Lipinski definition) is 0. The maximum atomic E-state index is 12.1. The zero-order valence-electron chi connectivity index (χ0n) is 16.2. The van der Waals surface area contributed by atoms with Gasteiger partial charge in [0.2, 0.25) is 5.91 Å². The zero-order chi connectivity index (χ0) is 19.3. The number of amides is 1. The van der Waals surface area contributed by atoms with Gasteiger partial charge in [-0.1, -0.05) is 54.6 Å². The number of nitrogens with zero attached hydrogens (tertiary/aromatic N) is 1. The number of rotatable bonds is 6. The lowest BCUT2D eigenvalue weighted by Gasteiger charge is -2.18. The summed E-state index contributed by atoms with van der Waals surface area (Å²) in [6, 6.07) is 21.0. The fraction of sp³-hybridized carbons (Fsp3) is 0.240. The second-order valence-corrected chi connectivity index (χ2v) is 7.15. The molecule has 0 aromatic heterocycles. The SMILES string of the molecule is C/C=C/c1ccc(N2CCCC2=O)cc1OCCc1ccc2ccccc2c1. The molecule has 3 nitrogen and oxygen atoms in total. The average Bonchev–Trinajstić information content (AvgIpc) is 3.15. The van der Waals surface area contributed by atoms with E-state index in [4.69, 9.17) is 4.74 Å². The van der Waals surface area contributed by atoms with Crippen LogP contribution in [0.3, 0.4) is 0 Å². The maximum Gasteiger partial charge on any atom is 0.227 e. The van der Waals surface area contributed by atoms with Crippen molar-refractivity contribution in [3.63, 3.8) is 0 Å². The van der Waals surface area contributed by atoms with E-state index < -0.39 is 0 Å². The van der Waals surface area contributed by atoms with E-state index in [-0.39, 0.29) is 5.91 Å². The van der Waals surface area contributed by atoms with Gasteiger partial charge in [-0.15, -0.1) is 0 Å². The Hall–Kier alpha value is -3.07. The van der Waals surface area contributed by atoms with Crippen LogP contribution in [0.5, 0.6) is 5.75 Å². The van der Waals surface area contributed by atoms with Crippen molar-refractivity contribution in [2.45, 2.75) is 26.2 Å². The fourth-order valence-electron chi connectivity index (χ4n) is 3.73. The molecule has 0 unspecified atom stereocenters. The highest BCUT2D eigenvalue weighted by Crippen LogP contribution is 2.30. The molecule has 3 aromatic rings. The van der Waals surface area contributed by atoms with E-state index in [1.807, 2.05) is 42.2 Å². The minimum Gasteiger partial charge on any atom is -0.493 e. The minimum absolute atomic E-state index is 0.195. The molecule has 1 fully saturated rings. The van der Waals surface area contributed by atoms with Gasteiger partial charge in [-0.3, -0.25) is 4.79 Å². The number of anilines is 1. The van der Waals surface area contributed by atoms with E-state index in [0.717, 1.165) is 36.4 Å². The first-order valence-electron chi connectivity index (χ1n) is 9.92. The summed E-state index contributed by atoms with van der Waals surface area (Å²) in [6.07, 6.45) is 6.45. The number of benzene rings is 3. The second-order valence-electron chi connectivity index (χ2n) is 7.15.